The van der Waals surface area contributed by atoms with Crippen LogP contribution in [0.2, 0.25) is 0 Å². The van der Waals surface area contributed by atoms with Gasteiger partial charge in [0, 0.05) is 12.0 Å². The van der Waals surface area contributed by atoms with Crippen molar-refractivity contribution in [2.24, 2.45) is 5.10 Å². The van der Waals surface area contributed by atoms with Gasteiger partial charge in [-0.2, -0.15) is 5.10 Å². The molecule has 0 fully saturated rings. The Labute approximate surface area is 182 Å². The maximum absolute atomic E-state index is 6.49. The monoisotopic (exact) mass is 414 g/mol. The van der Waals surface area contributed by atoms with Crippen LogP contribution in [0.25, 0.3) is 0 Å². The Morgan fingerprint density at radius 3 is 2.39 bits per heavy atom. The van der Waals surface area contributed by atoms with E-state index in [9.17, 15) is 0 Å². The summed E-state index contributed by atoms with van der Waals surface area (Å²) in [5, 5.41) is 7.13. The third kappa shape index (κ3) is 3.61. The first-order chi connectivity index (χ1) is 15.1. The average molecular weight is 415 g/mol. The normalized spacial score (nSPS) is 19.4. The van der Waals surface area contributed by atoms with Gasteiger partial charge in [-0.25, -0.2) is 5.01 Å². The molecule has 5 nitrogen and oxygen atoms in total. The second kappa shape index (κ2) is 7.99. The summed E-state index contributed by atoms with van der Waals surface area (Å²) in [6, 6.07) is 24.5. The van der Waals surface area contributed by atoms with Crippen molar-refractivity contribution in [2.45, 2.75) is 38.6 Å². The first-order valence-electron chi connectivity index (χ1n) is 10.7. The van der Waals surface area contributed by atoms with Crippen LogP contribution in [0.5, 0.6) is 17.2 Å². The Bertz CT molecular complexity index is 1110. The van der Waals surface area contributed by atoms with Crippen LogP contribution in [0.15, 0.2) is 77.9 Å². The lowest BCUT2D eigenvalue weighted by molar-refractivity contribution is -0.0210. The Hall–Kier alpha value is -3.47. The minimum atomic E-state index is -0.356. The first kappa shape index (κ1) is 19.5. The smallest absolute Gasteiger partial charge is 0.217 e. The van der Waals surface area contributed by atoms with Gasteiger partial charge in [-0.1, -0.05) is 30.3 Å². The van der Waals surface area contributed by atoms with Crippen molar-refractivity contribution in [3.05, 3.63) is 89.5 Å². The summed E-state index contributed by atoms with van der Waals surface area (Å²) in [4.78, 5) is 0. The molecular formula is C26H26N2O3. The van der Waals surface area contributed by atoms with Gasteiger partial charge in [0.25, 0.3) is 0 Å². The number of hydrogen-bond acceptors (Lipinski definition) is 5. The maximum Gasteiger partial charge on any atom is 0.217 e. The lowest BCUT2D eigenvalue weighted by atomic mass is 9.96. The summed E-state index contributed by atoms with van der Waals surface area (Å²) in [5.74, 6) is 2.57. The molecule has 0 saturated carbocycles. The maximum atomic E-state index is 6.49. The molecule has 0 saturated heterocycles. The summed E-state index contributed by atoms with van der Waals surface area (Å²) in [6.45, 7) is 4.07. The molecule has 0 spiro atoms. The fourth-order valence-electron chi connectivity index (χ4n) is 4.24. The number of para-hydroxylation sites is 2. The molecule has 2 heterocycles. The van der Waals surface area contributed by atoms with E-state index in [1.165, 1.54) is 0 Å². The van der Waals surface area contributed by atoms with Crippen molar-refractivity contribution in [3.63, 3.8) is 0 Å². The molecule has 0 N–H and O–H groups in total. The van der Waals surface area contributed by atoms with Gasteiger partial charge in [0.2, 0.25) is 6.23 Å². The van der Waals surface area contributed by atoms with Gasteiger partial charge < -0.3 is 14.2 Å². The molecule has 31 heavy (non-hydrogen) atoms. The number of benzene rings is 3. The highest BCUT2D eigenvalue weighted by Gasteiger charge is 2.41. The minimum absolute atomic E-state index is 0.0739. The molecule has 2 unspecified atom stereocenters. The first-order valence-corrected chi connectivity index (χ1v) is 10.7. The molecule has 158 valence electrons. The summed E-state index contributed by atoms with van der Waals surface area (Å²) < 4.78 is 17.9. The molecule has 5 rings (SSSR count). The molecule has 2 aliphatic rings. The fourth-order valence-corrected chi connectivity index (χ4v) is 4.24. The zero-order valence-corrected chi connectivity index (χ0v) is 18.0. The van der Waals surface area contributed by atoms with Gasteiger partial charge in [-0.15, -0.1) is 0 Å². The van der Waals surface area contributed by atoms with Gasteiger partial charge in [-0.05, 0) is 61.9 Å². The number of rotatable bonds is 5. The van der Waals surface area contributed by atoms with Crippen LogP contribution >= 0.6 is 0 Å². The topological polar surface area (TPSA) is 43.3 Å². The van der Waals surface area contributed by atoms with E-state index in [0.29, 0.717) is 0 Å². The lowest BCUT2D eigenvalue weighted by Gasteiger charge is -2.38. The largest absolute Gasteiger partial charge is 0.497 e. The fraction of sp³-hybridized carbons (Fsp3) is 0.269. The third-order valence-electron chi connectivity index (χ3n) is 5.67. The molecular weight excluding hydrogens is 388 g/mol. The van der Waals surface area contributed by atoms with Crippen LogP contribution in [0, 0.1) is 0 Å². The van der Waals surface area contributed by atoms with Crippen molar-refractivity contribution < 1.29 is 14.2 Å². The second-order valence-electron chi connectivity index (χ2n) is 8.09. The predicted octanol–water partition coefficient (Wildman–Crippen LogP) is 5.72. The van der Waals surface area contributed by atoms with E-state index in [1.54, 1.807) is 7.11 Å². The van der Waals surface area contributed by atoms with Crippen LogP contribution in [-0.4, -0.2) is 23.9 Å². The molecule has 2 atom stereocenters. The van der Waals surface area contributed by atoms with Gasteiger partial charge >= 0.3 is 0 Å². The number of methoxy groups -OCH3 is 1. The van der Waals surface area contributed by atoms with E-state index in [2.05, 4.69) is 35.3 Å². The molecule has 3 aromatic rings. The molecule has 2 aliphatic heterocycles. The Balaban J connectivity index is 1.57. The van der Waals surface area contributed by atoms with E-state index in [4.69, 9.17) is 19.3 Å². The molecule has 0 radical (unpaired) electrons. The zero-order valence-electron chi connectivity index (χ0n) is 18.0. The Morgan fingerprint density at radius 2 is 1.65 bits per heavy atom. The average Bonchev–Trinajstić information content (AvgIpc) is 3.24. The second-order valence-corrected chi connectivity index (χ2v) is 8.09. The number of hydrogen-bond donors (Lipinski definition) is 0. The SMILES string of the molecule is COc1ccc(C2=NN3C(C2)c2ccccc2OC3c2ccccc2OC(C)C)cc1. The quantitative estimate of drug-likeness (QED) is 0.535. The van der Waals surface area contributed by atoms with E-state index >= 15 is 0 Å². The summed E-state index contributed by atoms with van der Waals surface area (Å²) in [5.41, 5.74) is 4.28. The highest BCUT2D eigenvalue weighted by molar-refractivity contribution is 6.02. The lowest BCUT2D eigenvalue weighted by Crippen LogP contribution is -2.34. The highest BCUT2D eigenvalue weighted by Crippen LogP contribution is 2.48. The Morgan fingerprint density at radius 1 is 0.935 bits per heavy atom. The van der Waals surface area contributed by atoms with Gasteiger partial charge in [0.1, 0.15) is 17.2 Å². The van der Waals surface area contributed by atoms with Crippen molar-refractivity contribution in [1.82, 2.24) is 5.01 Å². The number of hydrazone groups is 1. The van der Waals surface area contributed by atoms with Crippen LogP contribution < -0.4 is 14.2 Å². The van der Waals surface area contributed by atoms with Crippen LogP contribution in [0.4, 0.5) is 0 Å². The zero-order chi connectivity index (χ0) is 21.4. The van der Waals surface area contributed by atoms with Crippen LogP contribution in [-0.2, 0) is 0 Å². The van der Waals surface area contributed by atoms with Gasteiger partial charge in [0.05, 0.1) is 30.5 Å². The van der Waals surface area contributed by atoms with Crippen LogP contribution in [0.3, 0.4) is 0 Å². The third-order valence-corrected chi connectivity index (χ3v) is 5.67. The van der Waals surface area contributed by atoms with Crippen molar-refractivity contribution in [3.8, 4) is 17.2 Å². The van der Waals surface area contributed by atoms with E-state index in [1.807, 2.05) is 56.3 Å². The number of nitrogens with zero attached hydrogens (tertiary/aromatic N) is 2. The molecule has 0 bridgehead atoms. The van der Waals surface area contributed by atoms with Crippen molar-refractivity contribution in [1.29, 1.82) is 0 Å². The Kier molecular flexibility index (Phi) is 5.02. The van der Waals surface area contributed by atoms with Crippen LogP contribution in [0.1, 0.15) is 49.2 Å². The van der Waals surface area contributed by atoms with E-state index in [-0.39, 0.29) is 18.4 Å². The van der Waals surface area contributed by atoms with Crippen molar-refractivity contribution in [2.75, 3.05) is 7.11 Å². The molecule has 0 aliphatic carbocycles. The summed E-state index contributed by atoms with van der Waals surface area (Å²) >= 11 is 0. The van der Waals surface area contributed by atoms with E-state index < -0.39 is 0 Å². The molecule has 5 heteroatoms. The number of fused-ring (bicyclic) bond motifs is 3. The van der Waals surface area contributed by atoms with E-state index in [0.717, 1.165) is 46.1 Å². The minimum Gasteiger partial charge on any atom is -0.497 e. The molecule has 0 aromatic heterocycles. The molecule has 0 amide bonds. The summed E-state index contributed by atoms with van der Waals surface area (Å²) in [6.07, 6.45) is 0.534. The number of ether oxygens (including phenoxy) is 3. The standard InChI is InChI=1S/C26H26N2O3/c1-17(2)30-25-11-7-5-9-21(25)26-28-23(20-8-4-6-10-24(20)31-26)16-22(27-28)18-12-14-19(29-3)15-13-18/h4-15,17,23,26H,16H2,1-3H3. The highest BCUT2D eigenvalue weighted by atomic mass is 16.5. The van der Waals surface area contributed by atoms with Gasteiger partial charge in [0.15, 0.2) is 0 Å². The molecule has 3 aromatic carbocycles. The van der Waals surface area contributed by atoms with Gasteiger partial charge in [-0.3, -0.25) is 0 Å². The summed E-state index contributed by atoms with van der Waals surface area (Å²) in [7, 11) is 1.68. The predicted molar refractivity (Wildman–Crippen MR) is 121 cm³/mol. The van der Waals surface area contributed by atoms with Crippen molar-refractivity contribution >= 4 is 5.71 Å².